The summed E-state index contributed by atoms with van der Waals surface area (Å²) in [5.41, 5.74) is -1.22. The summed E-state index contributed by atoms with van der Waals surface area (Å²) >= 11 is 12.7. The highest BCUT2D eigenvalue weighted by Crippen LogP contribution is 2.32. The summed E-state index contributed by atoms with van der Waals surface area (Å²) in [5.74, 6) is -0.394. The lowest BCUT2D eigenvalue weighted by Crippen LogP contribution is -2.29. The summed E-state index contributed by atoms with van der Waals surface area (Å²) in [5, 5.41) is 6.86. The number of hydrogen-bond donors (Lipinski definition) is 1. The first-order chi connectivity index (χ1) is 12.6. The van der Waals surface area contributed by atoms with Crippen LogP contribution in [0.2, 0.25) is 9.36 Å². The van der Waals surface area contributed by atoms with E-state index < -0.39 is 23.7 Å². The molecule has 0 radical (unpaired) electrons. The van der Waals surface area contributed by atoms with E-state index in [-0.39, 0.29) is 10.6 Å². The first kappa shape index (κ1) is 19.6. The molecule has 2 heterocycles. The smallest absolute Gasteiger partial charge is 0.342 e. The van der Waals surface area contributed by atoms with Gasteiger partial charge in [-0.3, -0.25) is 4.79 Å². The van der Waals surface area contributed by atoms with Crippen molar-refractivity contribution >= 4 is 40.4 Å². The van der Waals surface area contributed by atoms with E-state index >= 15 is 0 Å². The molecule has 1 aromatic carbocycles. The Morgan fingerprint density at radius 3 is 2.63 bits per heavy atom. The summed E-state index contributed by atoms with van der Waals surface area (Å²) in [4.78, 5) is 20.6. The zero-order valence-electron chi connectivity index (χ0n) is 13.5. The van der Waals surface area contributed by atoms with Crippen LogP contribution in [0.3, 0.4) is 0 Å². The third-order valence-electron chi connectivity index (χ3n) is 3.44. The maximum Gasteiger partial charge on any atom is 0.416 e. The van der Waals surface area contributed by atoms with Crippen LogP contribution in [0, 0.1) is 0 Å². The minimum Gasteiger partial charge on any atom is -0.342 e. The average Bonchev–Trinajstić information content (AvgIpc) is 3.21. The van der Waals surface area contributed by atoms with Gasteiger partial charge in [-0.25, -0.2) is 9.97 Å². The second-order valence-corrected chi connectivity index (χ2v) is 7.48. The zero-order chi connectivity index (χ0) is 19.8. The van der Waals surface area contributed by atoms with Crippen molar-refractivity contribution in [2.24, 2.45) is 0 Å². The molecule has 12 heteroatoms. The molecule has 3 aromatic rings. The Morgan fingerprint density at radius 1 is 1.26 bits per heavy atom. The normalized spacial score (nSPS) is 12.8. The Kier molecular flexibility index (Phi) is 5.41. The summed E-state index contributed by atoms with van der Waals surface area (Å²) in [6.07, 6.45) is -1.90. The number of halogens is 5. The van der Waals surface area contributed by atoms with Crippen LogP contribution in [0.15, 0.2) is 30.7 Å². The molecule has 0 bridgehead atoms. The monoisotopic (exact) mass is 435 g/mol. The summed E-state index contributed by atoms with van der Waals surface area (Å²) in [6.45, 7) is 1.61. The van der Waals surface area contributed by atoms with Gasteiger partial charge < -0.3 is 5.32 Å². The molecule has 6 nitrogen and oxygen atoms in total. The maximum absolute atomic E-state index is 12.9. The Balaban J connectivity index is 1.83. The van der Waals surface area contributed by atoms with Gasteiger partial charge in [-0.05, 0) is 25.1 Å². The van der Waals surface area contributed by atoms with Crippen molar-refractivity contribution in [2.45, 2.75) is 19.1 Å². The van der Waals surface area contributed by atoms with Crippen molar-refractivity contribution in [1.29, 1.82) is 0 Å². The number of amides is 1. The number of hydrogen-bond acceptors (Lipinski definition) is 5. The predicted octanol–water partition coefficient (Wildman–Crippen LogP) is 4.54. The molecule has 1 amide bonds. The van der Waals surface area contributed by atoms with Crippen LogP contribution in [-0.4, -0.2) is 25.7 Å². The number of aromatic nitrogens is 4. The van der Waals surface area contributed by atoms with E-state index in [1.165, 1.54) is 17.2 Å². The van der Waals surface area contributed by atoms with Crippen molar-refractivity contribution in [2.75, 3.05) is 0 Å². The van der Waals surface area contributed by atoms with Crippen LogP contribution in [-0.2, 0) is 6.18 Å². The first-order valence-electron chi connectivity index (χ1n) is 7.35. The Morgan fingerprint density at radius 2 is 2.00 bits per heavy atom. The number of rotatable bonds is 4. The molecule has 0 aliphatic carbocycles. The number of carbonyl (C=O) groups is 1. The Labute approximate surface area is 165 Å². The second kappa shape index (κ2) is 7.45. The van der Waals surface area contributed by atoms with Gasteiger partial charge in [-0.15, -0.1) is 0 Å². The van der Waals surface area contributed by atoms with Gasteiger partial charge in [-0.1, -0.05) is 34.5 Å². The highest BCUT2D eigenvalue weighted by atomic mass is 35.5. The van der Waals surface area contributed by atoms with Crippen molar-refractivity contribution in [3.05, 3.63) is 57.0 Å². The molecule has 2 aromatic heterocycles. The fourth-order valence-electron chi connectivity index (χ4n) is 2.27. The van der Waals surface area contributed by atoms with Crippen molar-refractivity contribution in [3.8, 4) is 5.13 Å². The molecule has 0 saturated carbocycles. The summed E-state index contributed by atoms with van der Waals surface area (Å²) in [7, 11) is 0. The topological polar surface area (TPSA) is 72.7 Å². The van der Waals surface area contributed by atoms with Crippen LogP contribution in [0.4, 0.5) is 13.2 Å². The number of nitrogens with one attached hydrogen (secondary N) is 1. The standard InChI is InChI=1S/C15H10Cl2F3N5OS/c1-7(12-22-6-23-25(12)14-21-5-11(17)27-14)24-13(26)8-2-9(15(18,19)20)4-10(16)3-8/h2-7H,1H3,(H,24,26)/t7-/m0/s1. The predicted molar refractivity (Wildman–Crippen MR) is 94.4 cm³/mol. The van der Waals surface area contributed by atoms with Crippen molar-refractivity contribution in [3.63, 3.8) is 0 Å². The minimum absolute atomic E-state index is 0.191. The number of nitrogens with zero attached hydrogens (tertiary/aromatic N) is 4. The lowest BCUT2D eigenvalue weighted by molar-refractivity contribution is -0.137. The first-order valence-corrected chi connectivity index (χ1v) is 8.92. The quantitative estimate of drug-likeness (QED) is 0.652. The van der Waals surface area contributed by atoms with Crippen molar-refractivity contribution < 1.29 is 18.0 Å². The lowest BCUT2D eigenvalue weighted by Gasteiger charge is -2.15. The van der Waals surface area contributed by atoms with Gasteiger partial charge in [-0.2, -0.15) is 23.0 Å². The molecule has 1 N–H and O–H groups in total. The van der Waals surface area contributed by atoms with Gasteiger partial charge in [0.1, 0.15) is 10.7 Å². The minimum atomic E-state index is -4.62. The van der Waals surface area contributed by atoms with Crippen LogP contribution >= 0.6 is 34.5 Å². The van der Waals surface area contributed by atoms with Gasteiger partial charge >= 0.3 is 6.18 Å². The fraction of sp³-hybridized carbons (Fsp3) is 0.200. The van der Waals surface area contributed by atoms with Crippen LogP contribution in [0.25, 0.3) is 5.13 Å². The molecule has 3 rings (SSSR count). The molecular formula is C15H10Cl2F3N5OS. The Bertz CT molecular complexity index is 988. The number of benzene rings is 1. The van der Waals surface area contributed by atoms with E-state index in [4.69, 9.17) is 23.2 Å². The third-order valence-corrected chi connectivity index (χ3v) is 4.75. The van der Waals surface area contributed by atoms with E-state index in [9.17, 15) is 18.0 Å². The molecule has 0 saturated heterocycles. The van der Waals surface area contributed by atoms with Crippen LogP contribution in [0.5, 0.6) is 0 Å². The largest absolute Gasteiger partial charge is 0.416 e. The van der Waals surface area contributed by atoms with Gasteiger partial charge in [0.2, 0.25) is 5.13 Å². The molecule has 27 heavy (non-hydrogen) atoms. The SMILES string of the molecule is C[C@H](NC(=O)c1cc(Cl)cc(C(F)(F)F)c1)c1ncnn1-c1ncc(Cl)s1. The molecule has 1 atom stereocenters. The van der Waals surface area contributed by atoms with E-state index in [1.807, 2.05) is 0 Å². The fourth-order valence-corrected chi connectivity index (χ4v) is 3.37. The zero-order valence-corrected chi connectivity index (χ0v) is 15.8. The van der Waals surface area contributed by atoms with Gasteiger partial charge in [0.15, 0.2) is 5.82 Å². The number of carbonyl (C=O) groups excluding carboxylic acids is 1. The molecular weight excluding hydrogens is 426 g/mol. The lowest BCUT2D eigenvalue weighted by atomic mass is 10.1. The number of alkyl halides is 3. The van der Waals surface area contributed by atoms with Crippen LogP contribution in [0.1, 0.15) is 34.7 Å². The summed E-state index contributed by atoms with van der Waals surface area (Å²) in [6, 6.07) is 1.98. The highest BCUT2D eigenvalue weighted by Gasteiger charge is 2.32. The molecule has 0 unspecified atom stereocenters. The van der Waals surface area contributed by atoms with E-state index in [0.717, 1.165) is 29.5 Å². The third kappa shape index (κ3) is 4.40. The molecule has 0 aliphatic rings. The van der Waals surface area contributed by atoms with Crippen LogP contribution < -0.4 is 5.32 Å². The van der Waals surface area contributed by atoms with Crippen molar-refractivity contribution in [1.82, 2.24) is 25.1 Å². The number of thiazole rings is 1. The van der Waals surface area contributed by atoms with Gasteiger partial charge in [0, 0.05) is 10.6 Å². The van der Waals surface area contributed by atoms with Gasteiger partial charge in [0.25, 0.3) is 5.91 Å². The van der Waals surface area contributed by atoms with E-state index in [0.29, 0.717) is 15.3 Å². The second-order valence-electron chi connectivity index (χ2n) is 5.40. The molecule has 0 spiro atoms. The van der Waals surface area contributed by atoms with Gasteiger partial charge in [0.05, 0.1) is 17.8 Å². The maximum atomic E-state index is 12.9. The average molecular weight is 436 g/mol. The van der Waals surface area contributed by atoms with E-state index in [2.05, 4.69) is 20.4 Å². The highest BCUT2D eigenvalue weighted by molar-refractivity contribution is 7.18. The molecule has 142 valence electrons. The molecule has 0 fully saturated rings. The van der Waals surface area contributed by atoms with E-state index in [1.54, 1.807) is 6.92 Å². The summed E-state index contributed by atoms with van der Waals surface area (Å²) < 4.78 is 40.6. The molecule has 0 aliphatic heterocycles. The Hall–Kier alpha value is -2.17.